The molecule has 9 heteroatoms. The molecule has 1 aliphatic carbocycles. The van der Waals surface area contributed by atoms with Crippen molar-refractivity contribution in [2.75, 3.05) is 0 Å². The lowest BCUT2D eigenvalue weighted by Crippen LogP contribution is -2.47. The summed E-state index contributed by atoms with van der Waals surface area (Å²) in [6, 6.07) is 3.20. The van der Waals surface area contributed by atoms with Crippen LogP contribution in [0.2, 0.25) is 0 Å². The second-order valence-electron chi connectivity index (χ2n) is 5.44. The summed E-state index contributed by atoms with van der Waals surface area (Å²) in [5.74, 6) is 0. The Morgan fingerprint density at radius 1 is 1.33 bits per heavy atom. The number of halogens is 3. The van der Waals surface area contributed by atoms with Crippen molar-refractivity contribution in [3.8, 4) is 0 Å². The summed E-state index contributed by atoms with van der Waals surface area (Å²) in [5.41, 5.74) is -2.27. The van der Waals surface area contributed by atoms with Crippen LogP contribution in [-0.2, 0) is 16.6 Å². The first-order valence-electron chi connectivity index (χ1n) is 6.49. The van der Waals surface area contributed by atoms with E-state index in [1.165, 1.54) is 6.07 Å². The fourth-order valence-corrected chi connectivity index (χ4v) is 4.53. The summed E-state index contributed by atoms with van der Waals surface area (Å²) in [4.78, 5) is 0.765. The lowest BCUT2D eigenvalue weighted by Gasteiger charge is -2.19. The minimum atomic E-state index is -4.56. The van der Waals surface area contributed by atoms with Crippen LogP contribution in [0.1, 0.15) is 31.6 Å². The Hall–Kier alpha value is -0.640. The van der Waals surface area contributed by atoms with Crippen LogP contribution in [0, 0.1) is 0 Å². The molecule has 1 aromatic heterocycles. The van der Waals surface area contributed by atoms with Gasteiger partial charge in [0.1, 0.15) is 9.75 Å². The van der Waals surface area contributed by atoms with Crippen LogP contribution < -0.4 is 10.0 Å². The molecule has 4 nitrogen and oxygen atoms in total. The van der Waals surface area contributed by atoms with Gasteiger partial charge < -0.3 is 5.32 Å². The molecule has 1 saturated carbocycles. The number of rotatable bonds is 6. The third-order valence-corrected chi connectivity index (χ3v) is 6.32. The SMILES string of the molecule is CC(C)NCc1ccc(S(=O)(=O)NC2(C(F)(F)F)CC2)s1. The monoisotopic (exact) mass is 342 g/mol. The quantitative estimate of drug-likeness (QED) is 0.835. The molecule has 1 heterocycles. The molecule has 1 aliphatic rings. The maximum atomic E-state index is 12.8. The van der Waals surface area contributed by atoms with E-state index >= 15 is 0 Å². The van der Waals surface area contributed by atoms with Crippen LogP contribution in [0.15, 0.2) is 16.3 Å². The highest BCUT2D eigenvalue weighted by atomic mass is 32.2. The van der Waals surface area contributed by atoms with Gasteiger partial charge in [-0.05, 0) is 25.0 Å². The highest BCUT2D eigenvalue weighted by Gasteiger charge is 2.65. The van der Waals surface area contributed by atoms with Crippen molar-refractivity contribution in [3.63, 3.8) is 0 Å². The lowest BCUT2D eigenvalue weighted by molar-refractivity contribution is -0.160. The molecule has 120 valence electrons. The van der Waals surface area contributed by atoms with Crippen LogP contribution in [0.4, 0.5) is 13.2 Å². The Labute approximate surface area is 125 Å². The number of hydrogen-bond donors (Lipinski definition) is 2. The molecular weight excluding hydrogens is 325 g/mol. The van der Waals surface area contributed by atoms with E-state index in [1.54, 1.807) is 6.07 Å². The van der Waals surface area contributed by atoms with Gasteiger partial charge in [0.15, 0.2) is 0 Å². The van der Waals surface area contributed by atoms with Gasteiger partial charge in [-0.25, -0.2) is 8.42 Å². The molecule has 1 aromatic rings. The number of hydrogen-bond acceptors (Lipinski definition) is 4. The first kappa shape index (κ1) is 16.7. The van der Waals surface area contributed by atoms with Crippen LogP contribution in [0.5, 0.6) is 0 Å². The largest absolute Gasteiger partial charge is 0.407 e. The van der Waals surface area contributed by atoms with E-state index in [0.29, 0.717) is 6.54 Å². The third-order valence-electron chi connectivity index (χ3n) is 3.21. The zero-order valence-corrected chi connectivity index (χ0v) is 13.3. The molecule has 0 aliphatic heterocycles. The molecule has 0 aromatic carbocycles. The van der Waals surface area contributed by atoms with Gasteiger partial charge in [-0.1, -0.05) is 13.8 Å². The molecule has 0 unspecified atom stereocenters. The zero-order valence-electron chi connectivity index (χ0n) is 11.6. The summed E-state index contributed by atoms with van der Waals surface area (Å²) < 4.78 is 64.3. The predicted octanol–water partition coefficient (Wildman–Crippen LogP) is 2.62. The average molecular weight is 342 g/mol. The van der Waals surface area contributed by atoms with Gasteiger partial charge in [-0.2, -0.15) is 17.9 Å². The van der Waals surface area contributed by atoms with E-state index in [4.69, 9.17) is 0 Å². The summed E-state index contributed by atoms with van der Waals surface area (Å²) >= 11 is 0.981. The molecule has 0 spiro atoms. The second kappa shape index (κ2) is 5.53. The Kier molecular flexibility index (Phi) is 4.40. The molecule has 0 radical (unpaired) electrons. The lowest BCUT2D eigenvalue weighted by atomic mass is 10.3. The van der Waals surface area contributed by atoms with Crippen molar-refractivity contribution in [1.82, 2.24) is 10.0 Å². The minimum absolute atomic E-state index is 0.0846. The van der Waals surface area contributed by atoms with E-state index in [-0.39, 0.29) is 23.1 Å². The Balaban J connectivity index is 2.10. The maximum Gasteiger partial charge on any atom is 0.407 e. The van der Waals surface area contributed by atoms with Gasteiger partial charge in [0.25, 0.3) is 10.0 Å². The average Bonchev–Trinajstić information content (AvgIpc) is 2.95. The van der Waals surface area contributed by atoms with Crippen molar-refractivity contribution in [2.45, 2.75) is 55.2 Å². The number of thiophene rings is 1. The molecule has 2 rings (SSSR count). The second-order valence-corrected chi connectivity index (χ2v) is 8.52. The van der Waals surface area contributed by atoms with Gasteiger partial charge in [0.2, 0.25) is 0 Å². The van der Waals surface area contributed by atoms with Gasteiger partial charge >= 0.3 is 6.18 Å². The highest BCUT2D eigenvalue weighted by Crippen LogP contribution is 2.49. The van der Waals surface area contributed by atoms with E-state index in [9.17, 15) is 21.6 Å². The summed E-state index contributed by atoms with van der Waals surface area (Å²) in [7, 11) is -4.14. The molecule has 2 N–H and O–H groups in total. The minimum Gasteiger partial charge on any atom is -0.310 e. The van der Waals surface area contributed by atoms with Crippen LogP contribution in [0.3, 0.4) is 0 Å². The van der Waals surface area contributed by atoms with E-state index in [0.717, 1.165) is 16.2 Å². The molecule has 21 heavy (non-hydrogen) atoms. The topological polar surface area (TPSA) is 58.2 Å². The first-order valence-corrected chi connectivity index (χ1v) is 8.78. The molecule has 0 bridgehead atoms. The number of sulfonamides is 1. The number of alkyl halides is 3. The molecule has 0 saturated heterocycles. The molecule has 0 atom stereocenters. The van der Waals surface area contributed by atoms with Crippen molar-refractivity contribution in [3.05, 3.63) is 17.0 Å². The highest BCUT2D eigenvalue weighted by molar-refractivity contribution is 7.91. The van der Waals surface area contributed by atoms with E-state index in [2.05, 4.69) is 5.32 Å². The summed E-state index contributed by atoms with van der Waals surface area (Å²) in [6.45, 7) is 4.39. The number of nitrogens with one attached hydrogen (secondary N) is 2. The smallest absolute Gasteiger partial charge is 0.310 e. The van der Waals surface area contributed by atoms with Crippen molar-refractivity contribution in [1.29, 1.82) is 0 Å². The molecular formula is C12H17F3N2O2S2. The fourth-order valence-electron chi connectivity index (χ4n) is 1.78. The van der Waals surface area contributed by atoms with Crippen LogP contribution >= 0.6 is 11.3 Å². The van der Waals surface area contributed by atoms with Gasteiger partial charge in [-0.15, -0.1) is 11.3 Å². The van der Waals surface area contributed by atoms with Crippen LogP contribution in [-0.4, -0.2) is 26.2 Å². The predicted molar refractivity (Wildman–Crippen MR) is 74.6 cm³/mol. The fraction of sp³-hybridized carbons (Fsp3) is 0.667. The summed E-state index contributed by atoms with van der Waals surface area (Å²) in [6.07, 6.45) is -4.97. The maximum absolute atomic E-state index is 12.8. The van der Waals surface area contributed by atoms with Gasteiger partial charge in [0.05, 0.1) is 0 Å². The van der Waals surface area contributed by atoms with Crippen molar-refractivity contribution >= 4 is 21.4 Å². The standard InChI is InChI=1S/C12H17F3N2O2S2/c1-8(2)16-7-9-3-4-10(20-9)21(18,19)17-11(5-6-11)12(13,14)15/h3-4,8,16-17H,5-7H2,1-2H3. The first-order chi connectivity index (χ1) is 9.56. The summed E-state index contributed by atoms with van der Waals surface area (Å²) in [5, 5.41) is 3.13. The Bertz CT molecular complexity index is 604. The normalized spacial score (nSPS) is 18.2. The van der Waals surface area contributed by atoms with E-state index in [1.807, 2.05) is 18.6 Å². The molecule has 0 amide bonds. The molecule has 1 fully saturated rings. The Morgan fingerprint density at radius 3 is 2.43 bits per heavy atom. The van der Waals surface area contributed by atoms with Crippen molar-refractivity contribution < 1.29 is 21.6 Å². The van der Waals surface area contributed by atoms with Crippen molar-refractivity contribution in [2.24, 2.45) is 0 Å². The van der Waals surface area contributed by atoms with E-state index < -0.39 is 21.7 Å². The zero-order chi connectivity index (χ0) is 15.9. The van der Waals surface area contributed by atoms with Crippen LogP contribution in [0.25, 0.3) is 0 Å². The third kappa shape index (κ3) is 3.77. The van der Waals surface area contributed by atoms with Gasteiger partial charge in [0, 0.05) is 17.5 Å². The Morgan fingerprint density at radius 2 is 1.95 bits per heavy atom. The van der Waals surface area contributed by atoms with Gasteiger partial charge in [-0.3, -0.25) is 0 Å².